The third kappa shape index (κ3) is 3.96. The van der Waals surface area contributed by atoms with Gasteiger partial charge in [0.15, 0.2) is 0 Å². The summed E-state index contributed by atoms with van der Waals surface area (Å²) in [6, 6.07) is 7.98. The summed E-state index contributed by atoms with van der Waals surface area (Å²) in [6.45, 7) is 3.91. The molecule has 0 atom stereocenters. The first-order valence-corrected chi connectivity index (χ1v) is 10.8. The normalized spacial score (nSPS) is 13.4. The fourth-order valence-electron chi connectivity index (χ4n) is 3.99. The molecule has 31 heavy (non-hydrogen) atoms. The molecule has 1 aliphatic rings. The SMILES string of the molecule is Cc1cc(/C=N\Nc2ccc([N+](=O)[O-])cc2)c(C)n1-c1sc2c(c1C(=O)O)CCCC2. The fraction of sp³-hybridized carbons (Fsp3) is 0.273. The lowest BCUT2D eigenvalue weighted by Gasteiger charge is -2.11. The van der Waals surface area contributed by atoms with Crippen LogP contribution in [-0.2, 0) is 12.8 Å². The van der Waals surface area contributed by atoms with Gasteiger partial charge >= 0.3 is 5.97 Å². The first kappa shape index (κ1) is 20.8. The van der Waals surface area contributed by atoms with Crippen molar-refractivity contribution < 1.29 is 14.8 Å². The minimum Gasteiger partial charge on any atom is -0.478 e. The van der Waals surface area contributed by atoms with Gasteiger partial charge in [0.1, 0.15) is 5.00 Å². The summed E-state index contributed by atoms with van der Waals surface area (Å²) in [6.07, 6.45) is 5.56. The van der Waals surface area contributed by atoms with E-state index in [1.165, 1.54) is 17.0 Å². The number of fused-ring (bicyclic) bond motifs is 1. The summed E-state index contributed by atoms with van der Waals surface area (Å²) in [4.78, 5) is 23.5. The molecule has 0 fully saturated rings. The van der Waals surface area contributed by atoms with Gasteiger partial charge < -0.3 is 9.67 Å². The lowest BCUT2D eigenvalue weighted by molar-refractivity contribution is -0.384. The molecule has 2 aromatic heterocycles. The molecule has 0 aliphatic heterocycles. The number of non-ortho nitro benzene ring substituents is 1. The van der Waals surface area contributed by atoms with Crippen LogP contribution >= 0.6 is 11.3 Å². The molecule has 2 N–H and O–H groups in total. The number of aryl methyl sites for hydroxylation is 2. The zero-order valence-corrected chi connectivity index (χ0v) is 18.0. The molecule has 0 unspecified atom stereocenters. The molecule has 0 bridgehead atoms. The van der Waals surface area contributed by atoms with Crippen LogP contribution in [-0.4, -0.2) is 26.8 Å². The predicted octanol–water partition coefficient (Wildman–Crippen LogP) is 5.09. The minimum atomic E-state index is -0.878. The Hall–Kier alpha value is -3.46. The number of aromatic carboxylic acids is 1. The van der Waals surface area contributed by atoms with Gasteiger partial charge in [-0.05, 0) is 63.3 Å². The number of anilines is 1. The Morgan fingerprint density at radius 2 is 1.97 bits per heavy atom. The summed E-state index contributed by atoms with van der Waals surface area (Å²) < 4.78 is 2.00. The van der Waals surface area contributed by atoms with E-state index in [4.69, 9.17) is 0 Å². The van der Waals surface area contributed by atoms with Crippen molar-refractivity contribution in [3.05, 3.63) is 73.4 Å². The highest BCUT2D eigenvalue weighted by atomic mass is 32.1. The smallest absolute Gasteiger partial charge is 0.339 e. The highest BCUT2D eigenvalue weighted by Gasteiger charge is 2.27. The van der Waals surface area contributed by atoms with Crippen LogP contribution < -0.4 is 5.43 Å². The molecule has 1 aromatic carbocycles. The minimum absolute atomic E-state index is 0.0194. The van der Waals surface area contributed by atoms with E-state index in [0.717, 1.165) is 53.2 Å². The number of nitrogens with one attached hydrogen (secondary N) is 1. The molecule has 0 amide bonds. The van der Waals surface area contributed by atoms with Gasteiger partial charge in [-0.15, -0.1) is 11.3 Å². The Balaban J connectivity index is 1.62. The summed E-state index contributed by atoms with van der Waals surface area (Å²) in [5, 5.41) is 25.7. The molecular weight excluding hydrogens is 416 g/mol. The second-order valence-corrected chi connectivity index (χ2v) is 8.62. The quantitative estimate of drug-likeness (QED) is 0.317. The number of benzene rings is 1. The maximum Gasteiger partial charge on any atom is 0.339 e. The summed E-state index contributed by atoms with van der Waals surface area (Å²) in [7, 11) is 0. The number of nitrogens with zero attached hydrogens (tertiary/aromatic N) is 3. The zero-order valence-electron chi connectivity index (χ0n) is 17.2. The van der Waals surface area contributed by atoms with E-state index in [-0.39, 0.29) is 5.69 Å². The number of aromatic nitrogens is 1. The van der Waals surface area contributed by atoms with E-state index in [0.29, 0.717) is 11.3 Å². The second-order valence-electron chi connectivity index (χ2n) is 7.53. The predicted molar refractivity (Wildman–Crippen MR) is 121 cm³/mol. The third-order valence-electron chi connectivity index (χ3n) is 5.52. The van der Waals surface area contributed by atoms with Crippen molar-refractivity contribution in [3.8, 4) is 5.00 Å². The number of nitro groups is 1. The summed E-state index contributed by atoms with van der Waals surface area (Å²) >= 11 is 1.58. The molecule has 9 heteroatoms. The van der Waals surface area contributed by atoms with Crippen LogP contribution in [0.1, 0.15) is 50.6 Å². The van der Waals surface area contributed by atoms with Crippen molar-refractivity contribution >= 4 is 34.9 Å². The number of nitro benzene ring substituents is 1. The highest BCUT2D eigenvalue weighted by Crippen LogP contribution is 2.38. The van der Waals surface area contributed by atoms with Crippen molar-refractivity contribution in [1.82, 2.24) is 4.57 Å². The number of rotatable bonds is 6. The largest absolute Gasteiger partial charge is 0.478 e. The Bertz CT molecular complexity index is 1190. The monoisotopic (exact) mass is 438 g/mol. The molecule has 0 spiro atoms. The molecule has 4 rings (SSSR count). The van der Waals surface area contributed by atoms with Gasteiger partial charge in [0.2, 0.25) is 0 Å². The first-order valence-electron chi connectivity index (χ1n) is 9.97. The summed E-state index contributed by atoms with van der Waals surface area (Å²) in [5.41, 5.74) is 7.66. The molecule has 0 saturated carbocycles. The lowest BCUT2D eigenvalue weighted by Crippen LogP contribution is -2.09. The molecular formula is C22H22N4O4S. The Morgan fingerprint density at radius 1 is 1.26 bits per heavy atom. The van der Waals surface area contributed by atoms with Crippen molar-refractivity contribution in [2.45, 2.75) is 39.5 Å². The summed E-state index contributed by atoms with van der Waals surface area (Å²) in [5.74, 6) is -0.878. The standard InChI is InChI=1S/C22H22N4O4S/c1-13-11-15(12-23-24-16-7-9-17(10-8-16)26(29)30)14(2)25(13)21-20(22(27)28)18-5-3-4-6-19(18)31-21/h7-12,24H,3-6H2,1-2H3,(H,27,28)/b23-12-. The van der Waals surface area contributed by atoms with Crippen LogP contribution in [0, 0.1) is 24.0 Å². The van der Waals surface area contributed by atoms with Gasteiger partial charge in [0, 0.05) is 34.0 Å². The molecule has 2 heterocycles. The number of hydrogen-bond donors (Lipinski definition) is 2. The molecule has 0 radical (unpaired) electrons. The van der Waals surface area contributed by atoms with Crippen molar-refractivity contribution in [2.75, 3.05) is 5.43 Å². The van der Waals surface area contributed by atoms with Crippen LogP contribution in [0.15, 0.2) is 35.4 Å². The van der Waals surface area contributed by atoms with Crippen LogP contribution in [0.25, 0.3) is 5.00 Å². The van der Waals surface area contributed by atoms with Crippen LogP contribution in [0.2, 0.25) is 0 Å². The molecule has 1 aliphatic carbocycles. The fourth-order valence-corrected chi connectivity index (χ4v) is 5.49. The van der Waals surface area contributed by atoms with E-state index in [1.807, 2.05) is 24.5 Å². The van der Waals surface area contributed by atoms with Gasteiger partial charge in [-0.1, -0.05) is 0 Å². The van der Waals surface area contributed by atoms with E-state index in [9.17, 15) is 20.0 Å². The number of carbonyl (C=O) groups is 1. The Labute approximate surface area is 183 Å². The van der Waals surface area contributed by atoms with E-state index in [2.05, 4.69) is 10.5 Å². The van der Waals surface area contributed by atoms with Gasteiger partial charge in [-0.3, -0.25) is 15.5 Å². The highest BCUT2D eigenvalue weighted by molar-refractivity contribution is 7.15. The molecule has 3 aromatic rings. The Kier molecular flexibility index (Phi) is 5.60. The first-order chi connectivity index (χ1) is 14.9. The maximum atomic E-state index is 12.1. The average molecular weight is 439 g/mol. The molecule has 160 valence electrons. The number of carboxylic acids is 1. The molecule has 8 nitrogen and oxygen atoms in total. The zero-order chi connectivity index (χ0) is 22.1. The third-order valence-corrected chi connectivity index (χ3v) is 6.79. The van der Waals surface area contributed by atoms with Crippen LogP contribution in [0.4, 0.5) is 11.4 Å². The lowest BCUT2D eigenvalue weighted by atomic mass is 9.95. The van der Waals surface area contributed by atoms with Gasteiger partial charge in [-0.2, -0.15) is 5.10 Å². The van der Waals surface area contributed by atoms with Crippen molar-refractivity contribution in [1.29, 1.82) is 0 Å². The van der Waals surface area contributed by atoms with Crippen LogP contribution in [0.5, 0.6) is 0 Å². The van der Waals surface area contributed by atoms with Crippen molar-refractivity contribution in [3.63, 3.8) is 0 Å². The molecule has 0 saturated heterocycles. The van der Waals surface area contributed by atoms with Gasteiger partial charge in [0.25, 0.3) is 5.69 Å². The van der Waals surface area contributed by atoms with Crippen LogP contribution in [0.3, 0.4) is 0 Å². The number of hydrazone groups is 1. The van der Waals surface area contributed by atoms with Gasteiger partial charge in [-0.25, -0.2) is 4.79 Å². The number of hydrogen-bond acceptors (Lipinski definition) is 6. The number of thiophene rings is 1. The second kappa shape index (κ2) is 8.35. The van der Waals surface area contributed by atoms with Gasteiger partial charge in [0.05, 0.1) is 22.4 Å². The van der Waals surface area contributed by atoms with E-state index in [1.54, 1.807) is 29.7 Å². The average Bonchev–Trinajstić information content (AvgIpc) is 3.25. The Morgan fingerprint density at radius 3 is 2.65 bits per heavy atom. The van der Waals surface area contributed by atoms with Crippen molar-refractivity contribution in [2.24, 2.45) is 5.10 Å². The van der Waals surface area contributed by atoms with E-state index >= 15 is 0 Å². The maximum absolute atomic E-state index is 12.1. The number of carboxylic acid groups (broad SMARTS) is 1. The van der Waals surface area contributed by atoms with E-state index < -0.39 is 10.9 Å². The topological polar surface area (TPSA) is 110 Å².